The van der Waals surface area contributed by atoms with Crippen LogP contribution in [-0.2, 0) is 4.79 Å². The number of amides is 1. The van der Waals surface area contributed by atoms with Crippen molar-refractivity contribution in [3.8, 4) is 0 Å². The van der Waals surface area contributed by atoms with Crippen LogP contribution in [0.3, 0.4) is 0 Å². The van der Waals surface area contributed by atoms with Crippen LogP contribution in [0.1, 0.15) is 51.4 Å². The van der Waals surface area contributed by atoms with Gasteiger partial charge in [0, 0.05) is 5.92 Å². The molecule has 112 valence electrons. The van der Waals surface area contributed by atoms with E-state index >= 15 is 0 Å². The maximum absolute atomic E-state index is 12.3. The van der Waals surface area contributed by atoms with Crippen LogP contribution >= 0.6 is 0 Å². The van der Waals surface area contributed by atoms with E-state index in [4.69, 9.17) is 0 Å². The van der Waals surface area contributed by atoms with E-state index in [2.05, 4.69) is 29.1 Å². The molecule has 1 aliphatic rings. The van der Waals surface area contributed by atoms with Gasteiger partial charge in [-0.25, -0.2) is 4.98 Å². The van der Waals surface area contributed by atoms with Gasteiger partial charge in [0.05, 0.1) is 17.1 Å². The van der Waals surface area contributed by atoms with Crippen molar-refractivity contribution in [3.05, 3.63) is 30.1 Å². The first-order valence-corrected chi connectivity index (χ1v) is 7.94. The summed E-state index contributed by atoms with van der Waals surface area (Å²) in [5, 5.41) is 3.21. The SMILES string of the molecule is CC[C@H](C)[C@H](NC(=O)C1CCC1)c1nc2ccccc2[nH]1. The van der Waals surface area contributed by atoms with Gasteiger partial charge in [-0.15, -0.1) is 0 Å². The third kappa shape index (κ3) is 2.80. The zero-order valence-electron chi connectivity index (χ0n) is 12.7. The van der Waals surface area contributed by atoms with E-state index in [1.165, 1.54) is 6.42 Å². The Balaban J connectivity index is 1.85. The average molecular weight is 285 g/mol. The van der Waals surface area contributed by atoms with Crippen LogP contribution in [0.25, 0.3) is 11.0 Å². The number of benzene rings is 1. The number of hydrogen-bond donors (Lipinski definition) is 2. The zero-order chi connectivity index (χ0) is 14.8. The number of carbonyl (C=O) groups excluding carboxylic acids is 1. The van der Waals surface area contributed by atoms with Crippen molar-refractivity contribution >= 4 is 16.9 Å². The quantitative estimate of drug-likeness (QED) is 0.882. The molecule has 1 heterocycles. The summed E-state index contributed by atoms with van der Waals surface area (Å²) in [6.07, 6.45) is 4.24. The van der Waals surface area contributed by atoms with Crippen molar-refractivity contribution in [2.75, 3.05) is 0 Å². The Morgan fingerprint density at radius 2 is 2.19 bits per heavy atom. The van der Waals surface area contributed by atoms with E-state index < -0.39 is 0 Å². The summed E-state index contributed by atoms with van der Waals surface area (Å²) in [5.74, 6) is 1.63. The first kappa shape index (κ1) is 14.1. The number of para-hydroxylation sites is 2. The summed E-state index contributed by atoms with van der Waals surface area (Å²) in [4.78, 5) is 20.3. The molecule has 1 aliphatic carbocycles. The molecule has 1 fully saturated rings. The Kier molecular flexibility index (Phi) is 3.95. The minimum atomic E-state index is -0.0319. The second-order valence-corrected chi connectivity index (χ2v) is 6.14. The molecule has 1 aromatic carbocycles. The highest BCUT2D eigenvalue weighted by Gasteiger charge is 2.30. The van der Waals surface area contributed by atoms with Crippen LogP contribution in [-0.4, -0.2) is 15.9 Å². The molecule has 4 heteroatoms. The maximum Gasteiger partial charge on any atom is 0.223 e. The number of carbonyl (C=O) groups is 1. The lowest BCUT2D eigenvalue weighted by Gasteiger charge is -2.29. The molecular formula is C17H23N3O. The summed E-state index contributed by atoms with van der Waals surface area (Å²) < 4.78 is 0. The lowest BCUT2D eigenvalue weighted by Crippen LogP contribution is -2.39. The van der Waals surface area contributed by atoms with Crippen LogP contribution in [0.4, 0.5) is 0 Å². The molecule has 21 heavy (non-hydrogen) atoms. The summed E-state index contributed by atoms with van der Waals surface area (Å²) in [5.41, 5.74) is 1.98. The number of nitrogens with one attached hydrogen (secondary N) is 2. The molecule has 0 spiro atoms. The Bertz CT molecular complexity index is 597. The number of nitrogens with zero attached hydrogens (tertiary/aromatic N) is 1. The lowest BCUT2D eigenvalue weighted by molar-refractivity contribution is -0.128. The summed E-state index contributed by atoms with van der Waals surface area (Å²) in [6.45, 7) is 4.31. The molecule has 1 saturated carbocycles. The molecule has 1 aromatic heterocycles. The fraction of sp³-hybridized carbons (Fsp3) is 0.529. The first-order chi connectivity index (χ1) is 10.2. The van der Waals surface area contributed by atoms with E-state index in [0.29, 0.717) is 5.92 Å². The van der Waals surface area contributed by atoms with E-state index in [0.717, 1.165) is 36.1 Å². The zero-order valence-corrected chi connectivity index (χ0v) is 12.7. The van der Waals surface area contributed by atoms with Gasteiger partial charge in [0.15, 0.2) is 0 Å². The van der Waals surface area contributed by atoms with Gasteiger partial charge < -0.3 is 10.3 Å². The van der Waals surface area contributed by atoms with Gasteiger partial charge in [-0.2, -0.15) is 0 Å². The van der Waals surface area contributed by atoms with E-state index in [1.54, 1.807) is 0 Å². The molecule has 2 atom stereocenters. The molecule has 3 rings (SSSR count). The van der Waals surface area contributed by atoms with Gasteiger partial charge in [0.1, 0.15) is 5.82 Å². The van der Waals surface area contributed by atoms with Gasteiger partial charge in [0.25, 0.3) is 0 Å². The van der Waals surface area contributed by atoms with Gasteiger partial charge in [-0.05, 0) is 30.9 Å². The highest BCUT2D eigenvalue weighted by atomic mass is 16.2. The minimum absolute atomic E-state index is 0.0319. The van der Waals surface area contributed by atoms with Crippen molar-refractivity contribution in [2.24, 2.45) is 11.8 Å². The smallest absolute Gasteiger partial charge is 0.223 e. The monoisotopic (exact) mass is 285 g/mol. The molecule has 0 radical (unpaired) electrons. The number of imidazole rings is 1. The van der Waals surface area contributed by atoms with Crippen molar-refractivity contribution in [1.29, 1.82) is 0 Å². The van der Waals surface area contributed by atoms with Crippen LogP contribution in [0.2, 0.25) is 0 Å². The summed E-state index contributed by atoms with van der Waals surface area (Å²) in [6, 6.07) is 7.97. The molecule has 0 unspecified atom stereocenters. The molecule has 0 bridgehead atoms. The predicted molar refractivity (Wildman–Crippen MR) is 83.8 cm³/mol. The second kappa shape index (κ2) is 5.88. The van der Waals surface area contributed by atoms with Gasteiger partial charge in [-0.3, -0.25) is 4.79 Å². The number of aromatic nitrogens is 2. The number of aromatic amines is 1. The van der Waals surface area contributed by atoms with Gasteiger partial charge in [0.2, 0.25) is 5.91 Å². The van der Waals surface area contributed by atoms with Crippen molar-refractivity contribution in [3.63, 3.8) is 0 Å². The standard InChI is InChI=1S/C17H23N3O/c1-3-11(2)15(20-17(21)12-7-6-8-12)16-18-13-9-4-5-10-14(13)19-16/h4-5,9-12,15H,3,6-8H2,1-2H3,(H,18,19)(H,20,21)/t11-,15-/m0/s1. The molecule has 0 saturated heterocycles. The van der Waals surface area contributed by atoms with Crippen molar-refractivity contribution in [2.45, 2.75) is 45.6 Å². The third-order valence-corrected chi connectivity index (χ3v) is 4.69. The summed E-state index contributed by atoms with van der Waals surface area (Å²) >= 11 is 0. The maximum atomic E-state index is 12.3. The van der Waals surface area contributed by atoms with E-state index in [-0.39, 0.29) is 17.9 Å². The fourth-order valence-corrected chi connectivity index (χ4v) is 2.78. The Labute approximate surface area is 125 Å². The number of rotatable bonds is 5. The Morgan fingerprint density at radius 3 is 2.81 bits per heavy atom. The highest BCUT2D eigenvalue weighted by Crippen LogP contribution is 2.29. The fourth-order valence-electron chi connectivity index (χ4n) is 2.78. The van der Waals surface area contributed by atoms with Crippen molar-refractivity contribution in [1.82, 2.24) is 15.3 Å². The Hall–Kier alpha value is -1.84. The Morgan fingerprint density at radius 1 is 1.43 bits per heavy atom. The average Bonchev–Trinajstić information content (AvgIpc) is 2.85. The molecule has 2 aromatic rings. The third-order valence-electron chi connectivity index (χ3n) is 4.69. The molecular weight excluding hydrogens is 262 g/mol. The second-order valence-electron chi connectivity index (χ2n) is 6.14. The highest BCUT2D eigenvalue weighted by molar-refractivity contribution is 5.80. The van der Waals surface area contributed by atoms with Gasteiger partial charge >= 0.3 is 0 Å². The lowest BCUT2D eigenvalue weighted by atomic mass is 9.84. The normalized spacial score (nSPS) is 18.2. The minimum Gasteiger partial charge on any atom is -0.346 e. The molecule has 4 nitrogen and oxygen atoms in total. The topological polar surface area (TPSA) is 57.8 Å². The molecule has 1 amide bonds. The molecule has 0 aliphatic heterocycles. The molecule has 2 N–H and O–H groups in total. The van der Waals surface area contributed by atoms with Crippen molar-refractivity contribution < 1.29 is 4.79 Å². The number of hydrogen-bond acceptors (Lipinski definition) is 2. The van der Waals surface area contributed by atoms with Gasteiger partial charge in [-0.1, -0.05) is 38.8 Å². The van der Waals surface area contributed by atoms with Crippen LogP contribution in [0.15, 0.2) is 24.3 Å². The van der Waals surface area contributed by atoms with Crippen LogP contribution in [0, 0.1) is 11.8 Å². The van der Waals surface area contributed by atoms with Crippen LogP contribution < -0.4 is 5.32 Å². The summed E-state index contributed by atoms with van der Waals surface area (Å²) in [7, 11) is 0. The largest absolute Gasteiger partial charge is 0.346 e. The van der Waals surface area contributed by atoms with E-state index in [1.807, 2.05) is 24.3 Å². The number of fused-ring (bicyclic) bond motifs is 1. The predicted octanol–water partition coefficient (Wildman–Crippen LogP) is 3.57. The first-order valence-electron chi connectivity index (χ1n) is 7.94. The van der Waals surface area contributed by atoms with E-state index in [9.17, 15) is 4.79 Å². The number of H-pyrrole nitrogens is 1. The van der Waals surface area contributed by atoms with Crippen LogP contribution in [0.5, 0.6) is 0 Å².